The predicted octanol–water partition coefficient (Wildman–Crippen LogP) is 1.39. The van der Waals surface area contributed by atoms with Gasteiger partial charge in [-0.3, -0.25) is 9.59 Å². The molecule has 0 atom stereocenters. The Balaban J connectivity index is 1.87. The van der Waals surface area contributed by atoms with Gasteiger partial charge in [0.2, 0.25) is 0 Å². The van der Waals surface area contributed by atoms with Crippen molar-refractivity contribution in [1.82, 2.24) is 19.9 Å². The molecule has 1 amide bonds. The quantitative estimate of drug-likeness (QED) is 0.904. The molecule has 3 heterocycles. The smallest absolute Gasteiger partial charge is 0.264 e. The first-order valence-electron chi connectivity index (χ1n) is 6.54. The van der Waals surface area contributed by atoms with Gasteiger partial charge in [-0.2, -0.15) is 11.8 Å². The van der Waals surface area contributed by atoms with E-state index in [4.69, 9.17) is 0 Å². The molecule has 1 fully saturated rings. The van der Waals surface area contributed by atoms with Gasteiger partial charge in [-0.1, -0.05) is 0 Å². The number of aromatic nitrogens is 3. The number of thiazole rings is 1. The second-order valence-electron chi connectivity index (χ2n) is 4.63. The van der Waals surface area contributed by atoms with E-state index < -0.39 is 5.56 Å². The number of carbonyl (C=O) groups is 1. The van der Waals surface area contributed by atoms with Crippen LogP contribution in [0, 0.1) is 6.92 Å². The predicted molar refractivity (Wildman–Crippen MR) is 83.9 cm³/mol. The molecular weight excluding hydrogens is 308 g/mol. The van der Waals surface area contributed by atoms with Crippen molar-refractivity contribution in [2.24, 2.45) is 0 Å². The molecule has 2 aromatic heterocycles. The van der Waals surface area contributed by atoms with Crippen molar-refractivity contribution in [3.8, 4) is 11.5 Å². The lowest BCUT2D eigenvalue weighted by Gasteiger charge is -2.25. The van der Waals surface area contributed by atoms with Gasteiger partial charge in [0, 0.05) is 36.2 Å². The van der Waals surface area contributed by atoms with Crippen LogP contribution in [0.2, 0.25) is 0 Å². The monoisotopic (exact) mass is 322 g/mol. The number of H-pyrrole nitrogens is 1. The third-order valence-electron chi connectivity index (χ3n) is 3.19. The van der Waals surface area contributed by atoms with Crippen LogP contribution in [-0.4, -0.2) is 50.4 Å². The van der Waals surface area contributed by atoms with E-state index in [1.807, 2.05) is 24.1 Å². The number of aryl methyl sites for hydroxylation is 1. The standard InChI is InChI=1S/C13H14N4O2S2/c1-8-15-10(7-21-8)11-14-6-9(12(18)16-11)13(19)17-2-4-20-5-3-17/h6-7H,2-5H2,1H3,(H,14,16,18). The molecule has 8 heteroatoms. The summed E-state index contributed by atoms with van der Waals surface area (Å²) in [6, 6.07) is 0. The third-order valence-corrected chi connectivity index (χ3v) is 4.91. The number of thioether (sulfide) groups is 1. The van der Waals surface area contributed by atoms with Crippen molar-refractivity contribution < 1.29 is 4.79 Å². The van der Waals surface area contributed by atoms with Crippen LogP contribution in [-0.2, 0) is 0 Å². The van der Waals surface area contributed by atoms with Gasteiger partial charge < -0.3 is 9.88 Å². The van der Waals surface area contributed by atoms with Crippen LogP contribution in [0.15, 0.2) is 16.4 Å². The average molecular weight is 322 g/mol. The number of carbonyl (C=O) groups excluding carboxylic acids is 1. The summed E-state index contributed by atoms with van der Waals surface area (Å²) in [7, 11) is 0. The van der Waals surface area contributed by atoms with Crippen LogP contribution < -0.4 is 5.56 Å². The van der Waals surface area contributed by atoms with E-state index in [9.17, 15) is 9.59 Å². The Morgan fingerprint density at radius 1 is 1.38 bits per heavy atom. The van der Waals surface area contributed by atoms with E-state index >= 15 is 0 Å². The Kier molecular flexibility index (Phi) is 4.07. The normalized spacial score (nSPS) is 15.2. The van der Waals surface area contributed by atoms with Crippen molar-refractivity contribution in [2.45, 2.75) is 6.92 Å². The van der Waals surface area contributed by atoms with Crippen LogP contribution in [0.4, 0.5) is 0 Å². The SMILES string of the molecule is Cc1nc(-c2ncc(C(=O)N3CCSCC3)c(=O)[nH]2)cs1. The summed E-state index contributed by atoms with van der Waals surface area (Å²) >= 11 is 3.30. The van der Waals surface area contributed by atoms with Gasteiger partial charge in [-0.05, 0) is 6.92 Å². The molecule has 0 aromatic carbocycles. The van der Waals surface area contributed by atoms with E-state index in [-0.39, 0.29) is 11.5 Å². The molecule has 0 saturated carbocycles. The van der Waals surface area contributed by atoms with Crippen molar-refractivity contribution in [2.75, 3.05) is 24.6 Å². The highest BCUT2D eigenvalue weighted by molar-refractivity contribution is 7.99. The maximum absolute atomic E-state index is 12.3. The molecular formula is C13H14N4O2S2. The zero-order valence-electron chi connectivity index (χ0n) is 11.5. The summed E-state index contributed by atoms with van der Waals surface area (Å²) in [6.07, 6.45) is 1.35. The molecule has 110 valence electrons. The first kappa shape index (κ1) is 14.3. The van der Waals surface area contributed by atoms with Crippen molar-refractivity contribution in [3.63, 3.8) is 0 Å². The zero-order valence-corrected chi connectivity index (χ0v) is 13.1. The van der Waals surface area contributed by atoms with Gasteiger partial charge in [-0.25, -0.2) is 9.97 Å². The Bertz CT molecular complexity index is 719. The fraction of sp³-hybridized carbons (Fsp3) is 0.385. The number of aromatic amines is 1. The largest absolute Gasteiger partial charge is 0.337 e. The number of nitrogens with one attached hydrogen (secondary N) is 1. The maximum Gasteiger partial charge on any atom is 0.264 e. The second kappa shape index (κ2) is 5.98. The fourth-order valence-corrected chi connectivity index (χ4v) is 3.59. The minimum atomic E-state index is -0.408. The number of hydrogen-bond donors (Lipinski definition) is 1. The molecule has 1 saturated heterocycles. The fourth-order valence-electron chi connectivity index (χ4n) is 2.09. The Hall–Kier alpha value is -1.67. The number of rotatable bonds is 2. The Morgan fingerprint density at radius 3 is 2.76 bits per heavy atom. The molecule has 0 bridgehead atoms. The van der Waals surface area contributed by atoms with Gasteiger partial charge in [0.25, 0.3) is 11.5 Å². The number of nitrogens with zero attached hydrogens (tertiary/aromatic N) is 3. The van der Waals surface area contributed by atoms with Crippen LogP contribution in [0.3, 0.4) is 0 Å². The zero-order chi connectivity index (χ0) is 14.8. The van der Waals surface area contributed by atoms with Crippen molar-refractivity contribution in [3.05, 3.63) is 32.5 Å². The van der Waals surface area contributed by atoms with E-state index in [1.54, 1.807) is 4.90 Å². The first-order chi connectivity index (χ1) is 10.1. The first-order valence-corrected chi connectivity index (χ1v) is 8.57. The van der Waals surface area contributed by atoms with Crippen molar-refractivity contribution in [1.29, 1.82) is 0 Å². The van der Waals surface area contributed by atoms with Crippen molar-refractivity contribution >= 4 is 29.0 Å². The van der Waals surface area contributed by atoms with E-state index in [0.717, 1.165) is 16.5 Å². The van der Waals surface area contributed by atoms with Crippen LogP contribution >= 0.6 is 23.1 Å². The molecule has 1 N–H and O–H groups in total. The Morgan fingerprint density at radius 2 is 2.14 bits per heavy atom. The molecule has 6 nitrogen and oxygen atoms in total. The lowest BCUT2D eigenvalue weighted by Crippen LogP contribution is -2.40. The summed E-state index contributed by atoms with van der Waals surface area (Å²) in [5.41, 5.74) is 0.314. The maximum atomic E-state index is 12.3. The molecule has 1 aliphatic rings. The number of hydrogen-bond acceptors (Lipinski definition) is 6. The summed E-state index contributed by atoms with van der Waals surface area (Å²) < 4.78 is 0. The minimum Gasteiger partial charge on any atom is -0.337 e. The molecule has 21 heavy (non-hydrogen) atoms. The summed E-state index contributed by atoms with van der Waals surface area (Å²) in [5.74, 6) is 1.97. The third kappa shape index (κ3) is 3.01. The average Bonchev–Trinajstić information content (AvgIpc) is 2.94. The van der Waals surface area contributed by atoms with E-state index in [0.29, 0.717) is 24.6 Å². The van der Waals surface area contributed by atoms with Crippen LogP contribution in [0.25, 0.3) is 11.5 Å². The van der Waals surface area contributed by atoms with Gasteiger partial charge >= 0.3 is 0 Å². The summed E-state index contributed by atoms with van der Waals surface area (Å²) in [6.45, 7) is 3.24. The Labute approximate surface area is 129 Å². The van der Waals surface area contributed by atoms with Crippen LogP contribution in [0.1, 0.15) is 15.4 Å². The molecule has 1 aliphatic heterocycles. The van der Waals surface area contributed by atoms with Gasteiger partial charge in [-0.15, -0.1) is 11.3 Å². The second-order valence-corrected chi connectivity index (χ2v) is 6.92. The summed E-state index contributed by atoms with van der Waals surface area (Å²) in [4.78, 5) is 37.3. The van der Waals surface area contributed by atoms with Crippen LogP contribution in [0.5, 0.6) is 0 Å². The van der Waals surface area contributed by atoms with E-state index in [1.165, 1.54) is 17.5 Å². The molecule has 0 radical (unpaired) electrons. The van der Waals surface area contributed by atoms with Gasteiger partial charge in [0.15, 0.2) is 5.82 Å². The minimum absolute atomic E-state index is 0.0950. The number of amides is 1. The topological polar surface area (TPSA) is 79.0 Å². The van der Waals surface area contributed by atoms with E-state index in [2.05, 4.69) is 15.0 Å². The molecule has 0 aliphatic carbocycles. The lowest BCUT2D eigenvalue weighted by molar-refractivity contribution is 0.0770. The highest BCUT2D eigenvalue weighted by atomic mass is 32.2. The molecule has 3 rings (SSSR count). The summed E-state index contributed by atoms with van der Waals surface area (Å²) in [5, 5.41) is 2.73. The highest BCUT2D eigenvalue weighted by Crippen LogP contribution is 2.17. The highest BCUT2D eigenvalue weighted by Gasteiger charge is 2.21. The molecule has 0 spiro atoms. The van der Waals surface area contributed by atoms with Gasteiger partial charge in [0.05, 0.1) is 5.01 Å². The lowest BCUT2D eigenvalue weighted by atomic mass is 10.2. The van der Waals surface area contributed by atoms with Gasteiger partial charge in [0.1, 0.15) is 11.3 Å². The molecule has 0 unspecified atom stereocenters. The molecule has 2 aromatic rings.